The second-order valence-electron chi connectivity index (χ2n) is 9.82. The molecule has 0 radical (unpaired) electrons. The number of fused-ring (bicyclic) bond motifs is 1. The highest BCUT2D eigenvalue weighted by Gasteiger charge is 2.10. The molecule has 1 heterocycles. The first kappa shape index (κ1) is 27.0. The molecule has 3 rings (SSSR count). The topological polar surface area (TPSA) is 46.9 Å². The zero-order chi connectivity index (χ0) is 24.6. The standard InChI is InChI=1S/C31H45N3O/c1-2-3-4-5-6-7-8-9-18-25-34-29-22-16-15-21-28(29)33-30(34)23-14-11-17-24-32-31(35)26-27-19-12-10-13-20-27/h10,12-13,15-16,19-22H,2-9,11,14,17-18,23-26H2,1H3,(H,32,35). The minimum Gasteiger partial charge on any atom is -0.356 e. The summed E-state index contributed by atoms with van der Waals surface area (Å²) in [4.78, 5) is 17.1. The third kappa shape index (κ3) is 9.87. The number of nitrogens with zero attached hydrogens (tertiary/aromatic N) is 2. The van der Waals surface area contributed by atoms with Gasteiger partial charge in [0.1, 0.15) is 5.82 Å². The number of hydrogen-bond donors (Lipinski definition) is 1. The number of carbonyl (C=O) groups is 1. The number of unbranched alkanes of at least 4 members (excludes halogenated alkanes) is 10. The van der Waals surface area contributed by atoms with E-state index in [1.165, 1.54) is 69.1 Å². The molecule has 0 saturated carbocycles. The zero-order valence-electron chi connectivity index (χ0n) is 21.8. The van der Waals surface area contributed by atoms with Crippen molar-refractivity contribution in [1.29, 1.82) is 0 Å². The van der Waals surface area contributed by atoms with Crippen LogP contribution in [0.1, 0.15) is 95.4 Å². The second kappa shape index (κ2) is 16.1. The molecule has 190 valence electrons. The first-order valence-electron chi connectivity index (χ1n) is 14.0. The van der Waals surface area contributed by atoms with Gasteiger partial charge in [-0.25, -0.2) is 4.98 Å². The van der Waals surface area contributed by atoms with E-state index in [1.807, 2.05) is 30.3 Å². The van der Waals surface area contributed by atoms with Gasteiger partial charge in [0.2, 0.25) is 5.91 Å². The molecule has 0 aliphatic carbocycles. The number of nitrogens with one attached hydrogen (secondary N) is 1. The van der Waals surface area contributed by atoms with Gasteiger partial charge in [-0.15, -0.1) is 0 Å². The minimum atomic E-state index is 0.110. The molecular formula is C31H45N3O. The van der Waals surface area contributed by atoms with Crippen LogP contribution in [-0.4, -0.2) is 22.0 Å². The fourth-order valence-corrected chi connectivity index (χ4v) is 4.80. The number of aryl methyl sites for hydroxylation is 2. The molecule has 3 aromatic rings. The Labute approximate surface area is 212 Å². The van der Waals surface area contributed by atoms with Crippen LogP contribution in [0.4, 0.5) is 0 Å². The lowest BCUT2D eigenvalue weighted by Gasteiger charge is -2.10. The molecule has 1 N–H and O–H groups in total. The van der Waals surface area contributed by atoms with Gasteiger partial charge in [-0.05, 0) is 37.0 Å². The molecule has 0 unspecified atom stereocenters. The largest absolute Gasteiger partial charge is 0.356 e. The highest BCUT2D eigenvalue weighted by Crippen LogP contribution is 2.19. The molecule has 0 spiro atoms. The summed E-state index contributed by atoms with van der Waals surface area (Å²) in [5.41, 5.74) is 3.46. The number of para-hydroxylation sites is 2. The zero-order valence-corrected chi connectivity index (χ0v) is 21.8. The Kier molecular flexibility index (Phi) is 12.4. The van der Waals surface area contributed by atoms with Crippen LogP contribution in [0.15, 0.2) is 54.6 Å². The predicted molar refractivity (Wildman–Crippen MR) is 148 cm³/mol. The molecule has 1 amide bonds. The molecule has 1 aromatic heterocycles. The van der Waals surface area contributed by atoms with Gasteiger partial charge in [0.25, 0.3) is 0 Å². The quantitative estimate of drug-likeness (QED) is 0.192. The number of carbonyl (C=O) groups excluding carboxylic acids is 1. The Morgan fingerprint density at radius 2 is 1.43 bits per heavy atom. The van der Waals surface area contributed by atoms with Crippen molar-refractivity contribution < 1.29 is 4.79 Å². The SMILES string of the molecule is CCCCCCCCCCCn1c(CCCCCNC(=O)Cc2ccccc2)nc2ccccc21. The number of imidazole rings is 1. The summed E-state index contributed by atoms with van der Waals surface area (Å²) in [5.74, 6) is 1.33. The van der Waals surface area contributed by atoms with Gasteiger partial charge in [-0.2, -0.15) is 0 Å². The van der Waals surface area contributed by atoms with Gasteiger partial charge >= 0.3 is 0 Å². The van der Waals surface area contributed by atoms with Crippen molar-refractivity contribution in [3.8, 4) is 0 Å². The highest BCUT2D eigenvalue weighted by atomic mass is 16.1. The van der Waals surface area contributed by atoms with Crippen LogP contribution in [0, 0.1) is 0 Å². The molecule has 0 aliphatic heterocycles. The van der Waals surface area contributed by atoms with Crippen molar-refractivity contribution in [3.63, 3.8) is 0 Å². The van der Waals surface area contributed by atoms with Gasteiger partial charge in [0.15, 0.2) is 0 Å². The van der Waals surface area contributed by atoms with Gasteiger partial charge in [0.05, 0.1) is 17.5 Å². The number of hydrogen-bond acceptors (Lipinski definition) is 2. The van der Waals surface area contributed by atoms with E-state index in [9.17, 15) is 4.79 Å². The number of amides is 1. The first-order chi connectivity index (χ1) is 17.3. The summed E-state index contributed by atoms with van der Waals surface area (Å²) in [6, 6.07) is 18.5. The molecule has 0 fully saturated rings. The van der Waals surface area contributed by atoms with Gasteiger partial charge in [-0.3, -0.25) is 4.79 Å². The van der Waals surface area contributed by atoms with Gasteiger partial charge in [-0.1, -0.05) is 107 Å². The summed E-state index contributed by atoms with van der Waals surface area (Å²) in [6.45, 7) is 4.10. The molecule has 35 heavy (non-hydrogen) atoms. The van der Waals surface area contributed by atoms with E-state index in [0.717, 1.165) is 49.9 Å². The molecule has 4 heteroatoms. The van der Waals surface area contributed by atoms with E-state index < -0.39 is 0 Å². The third-order valence-corrected chi connectivity index (χ3v) is 6.83. The molecule has 0 saturated heterocycles. The van der Waals surface area contributed by atoms with Crippen molar-refractivity contribution >= 4 is 16.9 Å². The van der Waals surface area contributed by atoms with Crippen LogP contribution in [0.2, 0.25) is 0 Å². The second-order valence-corrected chi connectivity index (χ2v) is 9.82. The monoisotopic (exact) mass is 475 g/mol. The number of benzene rings is 2. The molecule has 0 aliphatic rings. The van der Waals surface area contributed by atoms with Crippen molar-refractivity contribution in [2.24, 2.45) is 0 Å². The van der Waals surface area contributed by atoms with E-state index in [-0.39, 0.29) is 5.91 Å². The maximum absolute atomic E-state index is 12.1. The van der Waals surface area contributed by atoms with Crippen LogP contribution in [0.3, 0.4) is 0 Å². The maximum Gasteiger partial charge on any atom is 0.224 e. The Morgan fingerprint density at radius 3 is 2.20 bits per heavy atom. The van der Waals surface area contributed by atoms with Gasteiger partial charge < -0.3 is 9.88 Å². The van der Waals surface area contributed by atoms with E-state index in [4.69, 9.17) is 4.98 Å². The van der Waals surface area contributed by atoms with E-state index in [2.05, 4.69) is 41.1 Å². The van der Waals surface area contributed by atoms with E-state index in [0.29, 0.717) is 6.42 Å². The fourth-order valence-electron chi connectivity index (χ4n) is 4.80. The Balaban J connectivity index is 1.35. The molecule has 4 nitrogen and oxygen atoms in total. The average molecular weight is 476 g/mol. The normalized spacial score (nSPS) is 11.2. The van der Waals surface area contributed by atoms with Crippen molar-refractivity contribution in [3.05, 3.63) is 66.0 Å². The summed E-state index contributed by atoms with van der Waals surface area (Å²) in [5, 5.41) is 3.06. The third-order valence-electron chi connectivity index (χ3n) is 6.83. The van der Waals surface area contributed by atoms with Crippen LogP contribution >= 0.6 is 0 Å². The molecule has 0 bridgehead atoms. The summed E-state index contributed by atoms with van der Waals surface area (Å²) in [6.07, 6.45) is 16.9. The lowest BCUT2D eigenvalue weighted by Crippen LogP contribution is -2.26. The van der Waals surface area contributed by atoms with Crippen molar-refractivity contribution in [1.82, 2.24) is 14.9 Å². The smallest absolute Gasteiger partial charge is 0.224 e. The summed E-state index contributed by atoms with van der Waals surface area (Å²) < 4.78 is 2.46. The first-order valence-corrected chi connectivity index (χ1v) is 14.0. The summed E-state index contributed by atoms with van der Waals surface area (Å²) >= 11 is 0. The van der Waals surface area contributed by atoms with Gasteiger partial charge in [0, 0.05) is 19.5 Å². The lowest BCUT2D eigenvalue weighted by atomic mass is 10.1. The fraction of sp³-hybridized carbons (Fsp3) is 0.548. The number of rotatable bonds is 18. The number of aromatic nitrogens is 2. The van der Waals surface area contributed by atoms with Crippen LogP contribution in [0.25, 0.3) is 11.0 Å². The maximum atomic E-state index is 12.1. The van der Waals surface area contributed by atoms with Crippen LogP contribution < -0.4 is 5.32 Å². The highest BCUT2D eigenvalue weighted by molar-refractivity contribution is 5.78. The Bertz CT molecular complexity index is 979. The summed E-state index contributed by atoms with van der Waals surface area (Å²) in [7, 11) is 0. The molecule has 2 aromatic carbocycles. The van der Waals surface area contributed by atoms with Crippen molar-refractivity contribution in [2.75, 3.05) is 6.54 Å². The average Bonchev–Trinajstić information content (AvgIpc) is 3.23. The Morgan fingerprint density at radius 1 is 0.771 bits per heavy atom. The molecule has 0 atom stereocenters. The van der Waals surface area contributed by atoms with Crippen molar-refractivity contribution in [2.45, 2.75) is 103 Å². The predicted octanol–water partition coefficient (Wildman–Crippen LogP) is 7.64. The van der Waals surface area contributed by atoms with E-state index >= 15 is 0 Å². The van der Waals surface area contributed by atoms with Crippen LogP contribution in [-0.2, 0) is 24.2 Å². The lowest BCUT2D eigenvalue weighted by molar-refractivity contribution is -0.120. The van der Waals surface area contributed by atoms with Crippen LogP contribution in [0.5, 0.6) is 0 Å². The molecular weight excluding hydrogens is 430 g/mol. The minimum absolute atomic E-state index is 0.110. The Hall–Kier alpha value is -2.62. The van der Waals surface area contributed by atoms with E-state index in [1.54, 1.807) is 0 Å².